The third-order valence-electron chi connectivity index (χ3n) is 5.34. The summed E-state index contributed by atoms with van der Waals surface area (Å²) in [4.78, 5) is 35.3. The molecule has 0 radical (unpaired) electrons. The summed E-state index contributed by atoms with van der Waals surface area (Å²) in [6, 6.07) is 14.1. The molecular weight excluding hydrogens is 378 g/mol. The fourth-order valence-electron chi connectivity index (χ4n) is 3.78. The molecule has 1 aliphatic heterocycles. The molecule has 1 aromatic heterocycles. The molecule has 1 aliphatic rings. The highest BCUT2D eigenvalue weighted by Crippen LogP contribution is 2.19. The standard InChI is InChI=1S/C23H25N5O2/c29-22(26-8-7-20-15-24-9-10-25-20)14-21-23(30)27-11-12-28(21)16-17-5-6-18-3-1-2-4-19(18)13-17/h1-6,9-10,13,15,21H,7-8,11-12,14,16H2,(H,26,29)(H,27,30). The third-order valence-corrected chi connectivity index (χ3v) is 5.34. The highest BCUT2D eigenvalue weighted by molar-refractivity contribution is 5.89. The molecule has 0 aliphatic carbocycles. The maximum atomic E-state index is 12.5. The minimum atomic E-state index is -0.471. The van der Waals surface area contributed by atoms with Crippen molar-refractivity contribution in [2.24, 2.45) is 0 Å². The van der Waals surface area contributed by atoms with Gasteiger partial charge < -0.3 is 10.6 Å². The van der Waals surface area contributed by atoms with Crippen LogP contribution < -0.4 is 10.6 Å². The van der Waals surface area contributed by atoms with E-state index in [0.717, 1.165) is 17.8 Å². The fourth-order valence-corrected chi connectivity index (χ4v) is 3.78. The lowest BCUT2D eigenvalue weighted by atomic mass is 10.0. The summed E-state index contributed by atoms with van der Waals surface area (Å²) in [6.07, 6.45) is 5.69. The van der Waals surface area contributed by atoms with Crippen LogP contribution in [0.3, 0.4) is 0 Å². The summed E-state index contributed by atoms with van der Waals surface area (Å²) >= 11 is 0. The molecule has 7 heteroatoms. The van der Waals surface area contributed by atoms with Crippen molar-refractivity contribution in [3.8, 4) is 0 Å². The summed E-state index contributed by atoms with van der Waals surface area (Å²) in [5, 5.41) is 8.15. The maximum absolute atomic E-state index is 12.5. The first kappa shape index (κ1) is 20.0. The van der Waals surface area contributed by atoms with E-state index < -0.39 is 6.04 Å². The van der Waals surface area contributed by atoms with Crippen molar-refractivity contribution in [3.63, 3.8) is 0 Å². The maximum Gasteiger partial charge on any atom is 0.237 e. The number of piperazine rings is 1. The van der Waals surface area contributed by atoms with E-state index >= 15 is 0 Å². The van der Waals surface area contributed by atoms with Crippen LogP contribution in [0.1, 0.15) is 17.7 Å². The lowest BCUT2D eigenvalue weighted by Gasteiger charge is -2.34. The monoisotopic (exact) mass is 403 g/mol. The third kappa shape index (κ3) is 4.99. The van der Waals surface area contributed by atoms with Crippen molar-refractivity contribution in [2.45, 2.75) is 25.4 Å². The van der Waals surface area contributed by atoms with Crippen LogP contribution in [0.2, 0.25) is 0 Å². The highest BCUT2D eigenvalue weighted by Gasteiger charge is 2.31. The van der Waals surface area contributed by atoms with Crippen LogP contribution in [0.4, 0.5) is 0 Å². The molecule has 1 atom stereocenters. The Morgan fingerprint density at radius 3 is 2.87 bits per heavy atom. The topological polar surface area (TPSA) is 87.2 Å². The Balaban J connectivity index is 1.37. The number of aromatic nitrogens is 2. The van der Waals surface area contributed by atoms with E-state index in [1.807, 2.05) is 12.1 Å². The number of carbonyl (C=O) groups excluding carboxylic acids is 2. The average Bonchev–Trinajstić information content (AvgIpc) is 2.77. The van der Waals surface area contributed by atoms with Crippen molar-refractivity contribution in [1.29, 1.82) is 0 Å². The van der Waals surface area contributed by atoms with Gasteiger partial charge in [-0.2, -0.15) is 0 Å². The van der Waals surface area contributed by atoms with Crippen molar-refractivity contribution < 1.29 is 9.59 Å². The van der Waals surface area contributed by atoms with E-state index in [1.165, 1.54) is 10.8 Å². The van der Waals surface area contributed by atoms with E-state index in [9.17, 15) is 9.59 Å². The Hall–Kier alpha value is -3.32. The molecule has 0 bridgehead atoms. The van der Waals surface area contributed by atoms with Gasteiger partial charge in [0, 0.05) is 51.2 Å². The molecule has 2 aromatic carbocycles. The summed E-state index contributed by atoms with van der Waals surface area (Å²) in [7, 11) is 0. The number of fused-ring (bicyclic) bond motifs is 1. The summed E-state index contributed by atoms with van der Waals surface area (Å²) < 4.78 is 0. The van der Waals surface area contributed by atoms with Crippen molar-refractivity contribution in [3.05, 3.63) is 72.3 Å². The second-order valence-electron chi connectivity index (χ2n) is 7.46. The van der Waals surface area contributed by atoms with Crippen LogP contribution in [0.5, 0.6) is 0 Å². The predicted octanol–water partition coefficient (Wildman–Crippen LogP) is 1.68. The van der Waals surface area contributed by atoms with E-state index in [2.05, 4.69) is 55.8 Å². The first-order chi connectivity index (χ1) is 14.7. The lowest BCUT2D eigenvalue weighted by Crippen LogP contribution is -2.56. The van der Waals surface area contributed by atoms with Gasteiger partial charge in [0.1, 0.15) is 0 Å². The van der Waals surface area contributed by atoms with Crippen molar-refractivity contribution in [2.75, 3.05) is 19.6 Å². The van der Waals surface area contributed by atoms with Gasteiger partial charge in [-0.05, 0) is 22.4 Å². The Morgan fingerprint density at radius 2 is 2.03 bits per heavy atom. The minimum Gasteiger partial charge on any atom is -0.356 e. The number of nitrogens with zero attached hydrogens (tertiary/aromatic N) is 3. The number of rotatable bonds is 7. The zero-order valence-corrected chi connectivity index (χ0v) is 16.8. The Bertz CT molecular complexity index is 1020. The number of nitrogens with one attached hydrogen (secondary N) is 2. The lowest BCUT2D eigenvalue weighted by molar-refractivity contribution is -0.134. The molecule has 2 N–H and O–H groups in total. The number of amides is 2. The van der Waals surface area contributed by atoms with Crippen LogP contribution in [0, 0.1) is 0 Å². The van der Waals surface area contributed by atoms with E-state index in [-0.39, 0.29) is 18.2 Å². The van der Waals surface area contributed by atoms with Crippen LogP contribution in [-0.4, -0.2) is 52.4 Å². The first-order valence-electron chi connectivity index (χ1n) is 10.2. The van der Waals surface area contributed by atoms with Gasteiger partial charge in [-0.3, -0.25) is 24.5 Å². The van der Waals surface area contributed by atoms with Crippen LogP contribution in [0.15, 0.2) is 61.1 Å². The first-order valence-corrected chi connectivity index (χ1v) is 10.2. The molecule has 0 saturated carbocycles. The van der Waals surface area contributed by atoms with Crippen LogP contribution >= 0.6 is 0 Å². The number of carbonyl (C=O) groups is 2. The van der Waals surface area contributed by atoms with Gasteiger partial charge in [0.2, 0.25) is 11.8 Å². The van der Waals surface area contributed by atoms with E-state index in [4.69, 9.17) is 0 Å². The second kappa shape index (κ2) is 9.45. The molecule has 0 spiro atoms. The zero-order valence-electron chi connectivity index (χ0n) is 16.8. The Morgan fingerprint density at radius 1 is 1.17 bits per heavy atom. The molecule has 2 heterocycles. The SMILES string of the molecule is O=C(CC1C(=O)NCCN1Cc1ccc2ccccc2c1)NCCc1cnccn1. The van der Waals surface area contributed by atoms with Gasteiger partial charge in [-0.1, -0.05) is 36.4 Å². The highest BCUT2D eigenvalue weighted by atomic mass is 16.2. The predicted molar refractivity (Wildman–Crippen MR) is 115 cm³/mol. The summed E-state index contributed by atoms with van der Waals surface area (Å²) in [5.41, 5.74) is 1.96. The summed E-state index contributed by atoms with van der Waals surface area (Å²) in [5.74, 6) is -0.226. The summed E-state index contributed by atoms with van der Waals surface area (Å²) in [6.45, 7) is 2.42. The molecule has 3 aromatic rings. The molecule has 1 saturated heterocycles. The molecule has 30 heavy (non-hydrogen) atoms. The largest absolute Gasteiger partial charge is 0.356 e. The van der Waals surface area contributed by atoms with Gasteiger partial charge in [0.25, 0.3) is 0 Å². The fraction of sp³-hybridized carbons (Fsp3) is 0.304. The Labute approximate surface area is 175 Å². The van der Waals surface area contributed by atoms with E-state index in [1.54, 1.807) is 18.6 Å². The van der Waals surface area contributed by atoms with Gasteiger partial charge in [0.05, 0.1) is 18.2 Å². The van der Waals surface area contributed by atoms with Crippen molar-refractivity contribution in [1.82, 2.24) is 25.5 Å². The van der Waals surface area contributed by atoms with Gasteiger partial charge in [-0.25, -0.2) is 0 Å². The van der Waals surface area contributed by atoms with E-state index in [0.29, 0.717) is 26.1 Å². The van der Waals surface area contributed by atoms with Crippen LogP contribution in [0.25, 0.3) is 10.8 Å². The second-order valence-corrected chi connectivity index (χ2v) is 7.46. The molecule has 1 fully saturated rings. The Kier molecular flexibility index (Phi) is 6.29. The van der Waals surface area contributed by atoms with Gasteiger partial charge in [-0.15, -0.1) is 0 Å². The van der Waals surface area contributed by atoms with Gasteiger partial charge in [0.15, 0.2) is 0 Å². The quantitative estimate of drug-likeness (QED) is 0.627. The van der Waals surface area contributed by atoms with Crippen LogP contribution in [-0.2, 0) is 22.6 Å². The zero-order chi connectivity index (χ0) is 20.8. The van der Waals surface area contributed by atoms with Gasteiger partial charge >= 0.3 is 0 Å². The molecular formula is C23H25N5O2. The number of benzene rings is 2. The normalized spacial score (nSPS) is 16.9. The average molecular weight is 403 g/mol. The minimum absolute atomic E-state index is 0.0916. The van der Waals surface area contributed by atoms with Crippen molar-refractivity contribution >= 4 is 22.6 Å². The molecule has 154 valence electrons. The molecule has 1 unspecified atom stereocenters. The number of hydrogen-bond donors (Lipinski definition) is 2. The number of hydrogen-bond acceptors (Lipinski definition) is 5. The smallest absolute Gasteiger partial charge is 0.237 e. The molecule has 4 rings (SSSR count). The molecule has 2 amide bonds. The molecule has 7 nitrogen and oxygen atoms in total.